The van der Waals surface area contributed by atoms with Crippen LogP contribution in [0.3, 0.4) is 0 Å². The Morgan fingerprint density at radius 2 is 2.14 bits per heavy atom. The van der Waals surface area contributed by atoms with Gasteiger partial charge in [-0.05, 0) is 24.5 Å². The van der Waals surface area contributed by atoms with Gasteiger partial charge in [-0.15, -0.1) is 11.8 Å². The minimum absolute atomic E-state index is 0.326. The fraction of sp³-hybridized carbons (Fsp3) is 1.00. The Kier molecular flexibility index (Phi) is 9.93. The molecule has 0 bridgehead atoms. The third kappa shape index (κ3) is 10.5. The number of hydrogen-bond acceptors (Lipinski definition) is 5. The van der Waals surface area contributed by atoms with E-state index in [2.05, 4.69) is 37.2 Å². The molecule has 4 nitrogen and oxygen atoms in total. The molecule has 0 spiro atoms. The average molecular weight is 319 g/mol. The van der Waals surface area contributed by atoms with Crippen molar-refractivity contribution in [3.8, 4) is 0 Å². The van der Waals surface area contributed by atoms with E-state index >= 15 is 0 Å². The summed E-state index contributed by atoms with van der Waals surface area (Å²) in [5.41, 5.74) is 0.421. The highest BCUT2D eigenvalue weighted by molar-refractivity contribution is 7.98. The molecule has 1 N–H and O–H groups in total. The van der Waals surface area contributed by atoms with Crippen molar-refractivity contribution in [3.05, 3.63) is 0 Å². The number of hydrogen-bond donors (Lipinski definition) is 1. The Hall–Kier alpha value is 0.190. The maximum absolute atomic E-state index is 5.78. The normalized spacial score (nSPS) is 20.9. The SMILES string of the molecule is CSCNC[C@@H]1CN(CCOCCCC(C)(C)C)CCO1. The standard InChI is InChI=1S/C16H34N2O2S/c1-16(2,3)6-5-9-19-10-7-18-8-11-20-15(13-18)12-17-14-21-4/h15,17H,5-14H2,1-4H3/t15-/m1/s1. The first kappa shape index (κ1) is 19.2. The molecule has 21 heavy (non-hydrogen) atoms. The minimum Gasteiger partial charge on any atom is -0.380 e. The number of ether oxygens (including phenoxy) is 2. The van der Waals surface area contributed by atoms with Gasteiger partial charge >= 0.3 is 0 Å². The van der Waals surface area contributed by atoms with Gasteiger partial charge < -0.3 is 14.8 Å². The molecule has 0 aromatic carbocycles. The first-order valence-electron chi connectivity index (χ1n) is 8.12. The van der Waals surface area contributed by atoms with E-state index in [9.17, 15) is 0 Å². The molecule has 1 aliphatic heterocycles. The van der Waals surface area contributed by atoms with E-state index in [0.717, 1.165) is 58.3 Å². The number of nitrogens with zero attached hydrogens (tertiary/aromatic N) is 1. The predicted octanol–water partition coefficient (Wildman–Crippen LogP) is 2.44. The first-order valence-corrected chi connectivity index (χ1v) is 9.52. The second kappa shape index (κ2) is 10.8. The minimum atomic E-state index is 0.326. The van der Waals surface area contributed by atoms with Crippen LogP contribution in [0.2, 0.25) is 0 Å². The second-order valence-electron chi connectivity index (χ2n) is 6.96. The van der Waals surface area contributed by atoms with Gasteiger partial charge in [0.2, 0.25) is 0 Å². The summed E-state index contributed by atoms with van der Waals surface area (Å²) in [7, 11) is 0. The first-order chi connectivity index (χ1) is 10.0. The summed E-state index contributed by atoms with van der Waals surface area (Å²) in [6, 6.07) is 0. The number of morpholine rings is 1. The molecule has 1 heterocycles. The van der Waals surface area contributed by atoms with E-state index in [1.165, 1.54) is 6.42 Å². The van der Waals surface area contributed by atoms with Gasteiger partial charge in [0.1, 0.15) is 0 Å². The number of thioether (sulfide) groups is 1. The molecule has 1 atom stereocenters. The van der Waals surface area contributed by atoms with Crippen LogP contribution in [-0.2, 0) is 9.47 Å². The van der Waals surface area contributed by atoms with E-state index < -0.39 is 0 Å². The zero-order chi connectivity index (χ0) is 15.6. The summed E-state index contributed by atoms with van der Waals surface area (Å²) < 4.78 is 11.5. The lowest BCUT2D eigenvalue weighted by Crippen LogP contribution is -2.47. The van der Waals surface area contributed by atoms with Gasteiger partial charge in [0.05, 0.1) is 19.3 Å². The van der Waals surface area contributed by atoms with Crippen LogP contribution in [0.15, 0.2) is 0 Å². The Labute approximate surface area is 135 Å². The van der Waals surface area contributed by atoms with Crippen molar-refractivity contribution >= 4 is 11.8 Å². The van der Waals surface area contributed by atoms with Gasteiger partial charge in [-0.3, -0.25) is 4.90 Å². The summed E-state index contributed by atoms with van der Waals surface area (Å²) >= 11 is 1.81. The Morgan fingerprint density at radius 1 is 1.33 bits per heavy atom. The van der Waals surface area contributed by atoms with Gasteiger partial charge in [0.25, 0.3) is 0 Å². The van der Waals surface area contributed by atoms with Crippen LogP contribution >= 0.6 is 11.8 Å². The summed E-state index contributed by atoms with van der Waals surface area (Å²) in [4.78, 5) is 2.46. The summed E-state index contributed by atoms with van der Waals surface area (Å²) in [5.74, 6) is 0.997. The van der Waals surface area contributed by atoms with Gasteiger partial charge in [0, 0.05) is 38.7 Å². The molecule has 0 aliphatic carbocycles. The quantitative estimate of drug-likeness (QED) is 0.494. The maximum Gasteiger partial charge on any atom is 0.0827 e. The van der Waals surface area contributed by atoms with Crippen LogP contribution in [0.25, 0.3) is 0 Å². The molecule has 0 unspecified atom stereocenters. The molecular weight excluding hydrogens is 284 g/mol. The van der Waals surface area contributed by atoms with Crippen LogP contribution in [-0.4, -0.2) is 69.1 Å². The predicted molar refractivity (Wildman–Crippen MR) is 92.1 cm³/mol. The van der Waals surface area contributed by atoms with Gasteiger partial charge in [0.15, 0.2) is 0 Å². The topological polar surface area (TPSA) is 33.7 Å². The highest BCUT2D eigenvalue weighted by atomic mass is 32.2. The third-order valence-corrected chi connectivity index (χ3v) is 4.10. The third-order valence-electron chi connectivity index (χ3n) is 3.61. The van der Waals surface area contributed by atoms with E-state index in [4.69, 9.17) is 9.47 Å². The molecule has 126 valence electrons. The van der Waals surface area contributed by atoms with Crippen LogP contribution in [0.4, 0.5) is 0 Å². The van der Waals surface area contributed by atoms with Crippen LogP contribution in [0.5, 0.6) is 0 Å². The highest BCUT2D eigenvalue weighted by Gasteiger charge is 2.19. The molecule has 0 saturated carbocycles. The number of rotatable bonds is 10. The van der Waals surface area contributed by atoms with Crippen molar-refractivity contribution < 1.29 is 9.47 Å². The summed E-state index contributed by atoms with van der Waals surface area (Å²) in [6.45, 7) is 13.5. The van der Waals surface area contributed by atoms with Crippen molar-refractivity contribution in [3.63, 3.8) is 0 Å². The summed E-state index contributed by atoms with van der Waals surface area (Å²) in [6.07, 6.45) is 4.83. The Morgan fingerprint density at radius 3 is 2.86 bits per heavy atom. The molecule has 1 aliphatic rings. The van der Waals surface area contributed by atoms with E-state index in [1.807, 2.05) is 11.8 Å². The Balaban J connectivity index is 2.01. The smallest absolute Gasteiger partial charge is 0.0827 e. The second-order valence-corrected chi connectivity index (χ2v) is 7.82. The fourth-order valence-electron chi connectivity index (χ4n) is 2.43. The molecule has 0 aromatic rings. The fourth-order valence-corrected chi connectivity index (χ4v) is 2.75. The summed E-state index contributed by atoms with van der Waals surface area (Å²) in [5, 5.41) is 3.40. The van der Waals surface area contributed by atoms with Crippen LogP contribution < -0.4 is 5.32 Å². The van der Waals surface area contributed by atoms with Gasteiger partial charge in [-0.25, -0.2) is 0 Å². The van der Waals surface area contributed by atoms with Crippen molar-refractivity contribution in [2.45, 2.75) is 39.7 Å². The molecule has 1 saturated heterocycles. The van der Waals surface area contributed by atoms with Crippen LogP contribution in [0, 0.1) is 5.41 Å². The van der Waals surface area contributed by atoms with Gasteiger partial charge in [-0.1, -0.05) is 20.8 Å². The lowest BCUT2D eigenvalue weighted by Gasteiger charge is -2.33. The molecule has 0 amide bonds. The molecule has 5 heteroatoms. The van der Waals surface area contributed by atoms with Gasteiger partial charge in [-0.2, -0.15) is 0 Å². The molecule has 0 radical (unpaired) electrons. The lowest BCUT2D eigenvalue weighted by molar-refractivity contribution is -0.0345. The molecule has 1 fully saturated rings. The van der Waals surface area contributed by atoms with Crippen molar-refractivity contribution in [2.75, 3.05) is 58.1 Å². The molecule has 1 rings (SSSR count). The largest absolute Gasteiger partial charge is 0.380 e. The van der Waals surface area contributed by atoms with Crippen LogP contribution in [0.1, 0.15) is 33.6 Å². The maximum atomic E-state index is 5.78. The van der Waals surface area contributed by atoms with E-state index in [1.54, 1.807) is 0 Å². The Bertz CT molecular complexity index is 259. The number of nitrogens with one attached hydrogen (secondary N) is 1. The van der Waals surface area contributed by atoms with E-state index in [-0.39, 0.29) is 0 Å². The average Bonchev–Trinajstić information content (AvgIpc) is 2.42. The lowest BCUT2D eigenvalue weighted by atomic mass is 9.91. The zero-order valence-corrected chi connectivity index (χ0v) is 15.1. The van der Waals surface area contributed by atoms with Crippen molar-refractivity contribution in [1.82, 2.24) is 10.2 Å². The molecule has 0 aromatic heterocycles. The monoisotopic (exact) mass is 318 g/mol. The van der Waals surface area contributed by atoms with Crippen molar-refractivity contribution in [2.24, 2.45) is 5.41 Å². The van der Waals surface area contributed by atoms with E-state index in [0.29, 0.717) is 11.5 Å². The zero-order valence-electron chi connectivity index (χ0n) is 14.3. The van der Waals surface area contributed by atoms with Crippen molar-refractivity contribution in [1.29, 1.82) is 0 Å². The molecular formula is C16H34N2O2S. The highest BCUT2D eigenvalue weighted by Crippen LogP contribution is 2.20.